The van der Waals surface area contributed by atoms with Crippen LogP contribution < -0.4 is 20.4 Å². The van der Waals surface area contributed by atoms with Gasteiger partial charge in [-0.3, -0.25) is 4.90 Å². The molecular formula is C19H22ClFN8O. The van der Waals surface area contributed by atoms with Gasteiger partial charge in [0.05, 0.1) is 11.9 Å². The van der Waals surface area contributed by atoms with Gasteiger partial charge in [-0.1, -0.05) is 0 Å². The fourth-order valence-corrected chi connectivity index (χ4v) is 4.03. The first kappa shape index (κ1) is 20.3. The molecule has 0 spiro atoms. The Morgan fingerprint density at radius 2 is 2.20 bits per heavy atom. The molecule has 5 heterocycles. The number of aromatic nitrogens is 4. The van der Waals surface area contributed by atoms with E-state index in [1.54, 1.807) is 11.1 Å². The lowest BCUT2D eigenvalue weighted by molar-refractivity contribution is 0.257. The molecule has 2 N–H and O–H groups in total. The normalized spacial score (nSPS) is 18.3. The number of amides is 2. The van der Waals surface area contributed by atoms with Gasteiger partial charge in [0, 0.05) is 55.7 Å². The number of halogens is 2. The first-order chi connectivity index (χ1) is 14.1. The molecule has 0 radical (unpaired) electrons. The van der Waals surface area contributed by atoms with E-state index in [4.69, 9.17) is 0 Å². The largest absolute Gasteiger partial charge is 0.368 e. The fraction of sp³-hybridized carbons (Fsp3) is 0.368. The van der Waals surface area contributed by atoms with Crippen LogP contribution in [0.25, 0.3) is 5.65 Å². The number of carbonyl (C=O) groups excluding carboxylic acids is 1. The van der Waals surface area contributed by atoms with E-state index in [0.29, 0.717) is 24.1 Å². The second-order valence-corrected chi connectivity index (χ2v) is 7.36. The first-order valence-corrected chi connectivity index (χ1v) is 9.64. The third-order valence-corrected chi connectivity index (χ3v) is 5.41. The Morgan fingerprint density at radius 1 is 1.33 bits per heavy atom. The summed E-state index contributed by atoms with van der Waals surface area (Å²) in [5, 5.41) is 10.1. The Hall–Kier alpha value is -2.98. The van der Waals surface area contributed by atoms with E-state index < -0.39 is 11.8 Å². The van der Waals surface area contributed by atoms with Crippen molar-refractivity contribution in [2.45, 2.75) is 19.4 Å². The number of pyridine rings is 2. The van der Waals surface area contributed by atoms with Gasteiger partial charge < -0.3 is 15.5 Å². The van der Waals surface area contributed by atoms with Crippen molar-refractivity contribution in [2.75, 3.05) is 41.3 Å². The summed E-state index contributed by atoms with van der Waals surface area (Å²) in [6.07, 6.45) is 5.20. The highest BCUT2D eigenvalue weighted by atomic mass is 35.5. The number of nitrogens with zero attached hydrogens (tertiary/aromatic N) is 6. The Labute approximate surface area is 178 Å². The number of rotatable bonds is 2. The lowest BCUT2D eigenvalue weighted by Crippen LogP contribution is -2.49. The Bertz CT molecular complexity index is 1090. The second-order valence-electron chi connectivity index (χ2n) is 7.36. The Kier molecular flexibility index (Phi) is 5.44. The van der Waals surface area contributed by atoms with Crippen molar-refractivity contribution in [3.05, 3.63) is 42.2 Å². The predicted octanol–water partition coefficient (Wildman–Crippen LogP) is 2.08. The maximum atomic E-state index is 14.3. The van der Waals surface area contributed by atoms with Crippen molar-refractivity contribution in [3.8, 4) is 0 Å². The number of piperazine rings is 1. The summed E-state index contributed by atoms with van der Waals surface area (Å²) in [5.74, 6) is 0.0724. The lowest BCUT2D eigenvalue weighted by Gasteiger charge is -2.34. The zero-order valence-electron chi connectivity index (χ0n) is 16.4. The number of fused-ring (bicyclic) bond motifs is 2. The first-order valence-electron chi connectivity index (χ1n) is 9.64. The van der Waals surface area contributed by atoms with Crippen molar-refractivity contribution in [1.29, 1.82) is 0 Å². The van der Waals surface area contributed by atoms with Crippen molar-refractivity contribution < 1.29 is 9.18 Å². The van der Waals surface area contributed by atoms with Crippen LogP contribution in [-0.4, -0.2) is 57.8 Å². The van der Waals surface area contributed by atoms with E-state index in [2.05, 4.69) is 37.5 Å². The lowest BCUT2D eigenvalue weighted by atomic mass is 10.1. The van der Waals surface area contributed by atoms with Crippen LogP contribution in [-0.2, 0) is 6.42 Å². The molecular weight excluding hydrogens is 411 g/mol. The molecule has 2 amide bonds. The molecule has 1 atom stereocenters. The number of nitrogens with one attached hydrogen (secondary N) is 2. The average molecular weight is 433 g/mol. The summed E-state index contributed by atoms with van der Waals surface area (Å²) in [7, 11) is 0. The molecule has 0 aromatic carbocycles. The van der Waals surface area contributed by atoms with Gasteiger partial charge in [0.15, 0.2) is 11.5 Å². The number of hydrogen-bond donors (Lipinski definition) is 2. The minimum atomic E-state index is -0.560. The van der Waals surface area contributed by atoms with E-state index >= 15 is 0 Å². The predicted molar refractivity (Wildman–Crippen MR) is 114 cm³/mol. The van der Waals surface area contributed by atoms with Crippen LogP contribution in [0.15, 0.2) is 30.9 Å². The molecule has 158 valence electrons. The van der Waals surface area contributed by atoms with Gasteiger partial charge in [-0.25, -0.2) is 23.7 Å². The van der Waals surface area contributed by atoms with Crippen LogP contribution in [0, 0.1) is 5.82 Å². The van der Waals surface area contributed by atoms with Crippen molar-refractivity contribution in [3.63, 3.8) is 0 Å². The number of carbonyl (C=O) groups is 1. The molecule has 1 fully saturated rings. The molecule has 11 heteroatoms. The number of urea groups is 1. The highest BCUT2D eigenvalue weighted by Crippen LogP contribution is 2.34. The molecule has 3 aromatic heterocycles. The molecule has 0 bridgehead atoms. The number of anilines is 3. The van der Waals surface area contributed by atoms with Gasteiger partial charge in [0.2, 0.25) is 0 Å². The highest BCUT2D eigenvalue weighted by Gasteiger charge is 2.31. The topological polar surface area (TPSA) is 90.7 Å². The van der Waals surface area contributed by atoms with Gasteiger partial charge in [-0.2, -0.15) is 5.10 Å². The smallest absolute Gasteiger partial charge is 0.327 e. The van der Waals surface area contributed by atoms with Crippen molar-refractivity contribution >= 4 is 41.3 Å². The van der Waals surface area contributed by atoms with Crippen LogP contribution in [0.1, 0.15) is 12.5 Å². The van der Waals surface area contributed by atoms with Gasteiger partial charge in [0.25, 0.3) is 0 Å². The molecule has 3 aromatic rings. The van der Waals surface area contributed by atoms with Gasteiger partial charge in [-0.05, 0) is 19.4 Å². The van der Waals surface area contributed by atoms with E-state index in [0.717, 1.165) is 37.3 Å². The zero-order valence-corrected chi connectivity index (χ0v) is 17.2. The van der Waals surface area contributed by atoms with Crippen molar-refractivity contribution in [1.82, 2.24) is 24.9 Å². The molecule has 9 nitrogen and oxygen atoms in total. The van der Waals surface area contributed by atoms with Gasteiger partial charge in [0.1, 0.15) is 12.1 Å². The highest BCUT2D eigenvalue weighted by molar-refractivity contribution is 6.03. The summed E-state index contributed by atoms with van der Waals surface area (Å²) >= 11 is 0. The third-order valence-electron chi connectivity index (χ3n) is 5.41. The standard InChI is InChI=1S/C19H21FN8O.ClH/c1-12-9-26(7-5-21-12)16-2-4-22-18-13(16)3-6-27(18)19(29)25-15-10-28-17(8-14(15)20)23-11-24-28;/h2,4,8,10-12,21H,3,5-7,9H2,1H3,(H,25,29);1H/t12-;/m0./s1. The molecule has 30 heavy (non-hydrogen) atoms. The third kappa shape index (κ3) is 3.52. The molecule has 2 aliphatic rings. The van der Waals surface area contributed by atoms with E-state index in [1.807, 2.05) is 6.07 Å². The van der Waals surface area contributed by atoms with Crippen LogP contribution in [0.4, 0.5) is 26.4 Å². The molecule has 0 saturated carbocycles. The second kappa shape index (κ2) is 8.04. The summed E-state index contributed by atoms with van der Waals surface area (Å²) in [6.45, 7) is 5.41. The van der Waals surface area contributed by atoms with Crippen molar-refractivity contribution in [2.24, 2.45) is 0 Å². The molecule has 2 aliphatic heterocycles. The average Bonchev–Trinajstić information content (AvgIpc) is 3.34. The Morgan fingerprint density at radius 3 is 3.03 bits per heavy atom. The summed E-state index contributed by atoms with van der Waals surface area (Å²) in [6, 6.07) is 3.24. The molecule has 1 saturated heterocycles. The SMILES string of the molecule is C[C@H]1CN(c2ccnc3c2CCN3C(=O)Nc2cn3ncnc3cc2F)CCN1.Cl. The fourth-order valence-electron chi connectivity index (χ4n) is 4.03. The van der Waals surface area contributed by atoms with E-state index in [9.17, 15) is 9.18 Å². The quantitative estimate of drug-likeness (QED) is 0.644. The minimum Gasteiger partial charge on any atom is -0.368 e. The van der Waals surface area contributed by atoms with Crippen LogP contribution in [0.5, 0.6) is 0 Å². The summed E-state index contributed by atoms with van der Waals surface area (Å²) in [4.78, 5) is 25.2. The van der Waals surface area contributed by atoms with Crippen LogP contribution in [0.2, 0.25) is 0 Å². The summed E-state index contributed by atoms with van der Waals surface area (Å²) in [5.41, 5.74) is 2.61. The summed E-state index contributed by atoms with van der Waals surface area (Å²) < 4.78 is 15.8. The van der Waals surface area contributed by atoms with Crippen LogP contribution >= 0.6 is 12.4 Å². The van der Waals surface area contributed by atoms with Gasteiger partial charge >= 0.3 is 6.03 Å². The van der Waals surface area contributed by atoms with E-state index in [-0.39, 0.29) is 18.1 Å². The zero-order chi connectivity index (χ0) is 20.0. The number of hydrogen-bond acceptors (Lipinski definition) is 6. The van der Waals surface area contributed by atoms with Crippen LogP contribution in [0.3, 0.4) is 0 Å². The molecule has 0 unspecified atom stereocenters. The Balaban J connectivity index is 0.00000218. The van der Waals surface area contributed by atoms with Gasteiger partial charge in [-0.15, -0.1) is 12.4 Å². The maximum Gasteiger partial charge on any atom is 0.327 e. The maximum absolute atomic E-state index is 14.3. The minimum absolute atomic E-state index is 0. The molecule has 5 rings (SSSR count). The monoisotopic (exact) mass is 432 g/mol. The van der Waals surface area contributed by atoms with E-state index in [1.165, 1.54) is 23.1 Å². The molecule has 0 aliphatic carbocycles.